The second-order valence-electron chi connectivity index (χ2n) is 5.47. The van der Waals surface area contributed by atoms with Crippen molar-refractivity contribution in [2.45, 2.75) is 23.9 Å². The molecule has 3 rings (SSSR count). The van der Waals surface area contributed by atoms with Gasteiger partial charge in [-0.3, -0.25) is 4.79 Å². The number of nitrogens with zero attached hydrogens (tertiary/aromatic N) is 1. The summed E-state index contributed by atoms with van der Waals surface area (Å²) in [6, 6.07) is 14.4. The van der Waals surface area contributed by atoms with Crippen molar-refractivity contribution in [2.75, 3.05) is 7.11 Å². The summed E-state index contributed by atoms with van der Waals surface area (Å²) in [6.45, 7) is 1.89. The van der Waals surface area contributed by atoms with Gasteiger partial charge in [-0.05, 0) is 24.6 Å². The smallest absolute Gasteiger partial charge is 0.326 e. The van der Waals surface area contributed by atoms with E-state index in [2.05, 4.69) is 0 Å². The Labute approximate surface area is 135 Å². The van der Waals surface area contributed by atoms with E-state index in [0.717, 1.165) is 11.1 Å². The summed E-state index contributed by atoms with van der Waals surface area (Å²) in [5.74, 6) is -0.547. The van der Waals surface area contributed by atoms with Crippen LogP contribution in [0.25, 0.3) is 0 Å². The Bertz CT molecular complexity index is 815. The number of benzene rings is 2. The van der Waals surface area contributed by atoms with Crippen LogP contribution in [0.5, 0.6) is 0 Å². The molecule has 120 valence electrons. The van der Waals surface area contributed by atoms with Crippen LogP contribution >= 0.6 is 0 Å². The first kappa shape index (κ1) is 15.7. The van der Waals surface area contributed by atoms with Crippen LogP contribution in [-0.4, -0.2) is 31.8 Å². The van der Waals surface area contributed by atoms with Gasteiger partial charge in [0.25, 0.3) is 0 Å². The number of methoxy groups -OCH3 is 1. The zero-order chi connectivity index (χ0) is 16.6. The van der Waals surface area contributed by atoms with E-state index in [-0.39, 0.29) is 4.90 Å². The third kappa shape index (κ3) is 2.75. The average molecular weight is 331 g/mol. The van der Waals surface area contributed by atoms with Crippen molar-refractivity contribution in [3.63, 3.8) is 0 Å². The van der Waals surface area contributed by atoms with Crippen LogP contribution in [0.4, 0.5) is 0 Å². The lowest BCUT2D eigenvalue weighted by atomic mass is 10.1. The number of rotatable bonds is 4. The minimum absolute atomic E-state index is 0.176. The Balaban J connectivity index is 1.99. The topological polar surface area (TPSA) is 63.5 Å². The van der Waals surface area contributed by atoms with Gasteiger partial charge in [0.1, 0.15) is 6.04 Å². The molecule has 2 aromatic rings. The Hall–Kier alpha value is -2.18. The molecule has 1 heterocycles. The normalized spacial score (nSPS) is 23.3. The molecular weight excluding hydrogens is 314 g/mol. The van der Waals surface area contributed by atoms with Crippen molar-refractivity contribution in [1.29, 1.82) is 0 Å². The minimum Gasteiger partial charge on any atom is -0.468 e. The lowest BCUT2D eigenvalue weighted by Crippen LogP contribution is -2.20. The summed E-state index contributed by atoms with van der Waals surface area (Å²) in [6.07, 6.45) is 0. The highest BCUT2D eigenvalue weighted by molar-refractivity contribution is 7.89. The van der Waals surface area contributed by atoms with Gasteiger partial charge >= 0.3 is 5.97 Å². The van der Waals surface area contributed by atoms with Gasteiger partial charge in [-0.25, -0.2) is 8.42 Å². The van der Waals surface area contributed by atoms with Gasteiger partial charge in [-0.2, -0.15) is 4.31 Å². The van der Waals surface area contributed by atoms with Crippen molar-refractivity contribution in [3.05, 3.63) is 65.7 Å². The van der Waals surface area contributed by atoms with E-state index in [1.54, 1.807) is 24.3 Å². The van der Waals surface area contributed by atoms with E-state index in [9.17, 15) is 13.2 Å². The first-order chi connectivity index (χ1) is 11.0. The highest BCUT2D eigenvalue weighted by Crippen LogP contribution is 2.48. The maximum Gasteiger partial charge on any atom is 0.326 e. The molecule has 0 spiro atoms. The minimum atomic E-state index is -3.75. The molecule has 3 atom stereocenters. The maximum atomic E-state index is 12.8. The predicted molar refractivity (Wildman–Crippen MR) is 85.2 cm³/mol. The molecule has 0 radical (unpaired) electrons. The van der Waals surface area contributed by atoms with Gasteiger partial charge in [-0.15, -0.1) is 0 Å². The lowest BCUT2D eigenvalue weighted by Gasteiger charge is -2.07. The molecule has 0 aromatic heterocycles. The van der Waals surface area contributed by atoms with E-state index in [1.807, 2.05) is 37.3 Å². The summed E-state index contributed by atoms with van der Waals surface area (Å²) in [5, 5.41) is 0. The molecule has 1 saturated heterocycles. The monoisotopic (exact) mass is 331 g/mol. The summed E-state index contributed by atoms with van der Waals surface area (Å²) < 4.78 is 31.6. The van der Waals surface area contributed by atoms with Crippen molar-refractivity contribution in [1.82, 2.24) is 4.31 Å². The fourth-order valence-corrected chi connectivity index (χ4v) is 4.38. The highest BCUT2D eigenvalue weighted by atomic mass is 32.2. The zero-order valence-electron chi connectivity index (χ0n) is 12.8. The lowest BCUT2D eigenvalue weighted by molar-refractivity contribution is -0.140. The second kappa shape index (κ2) is 5.79. The van der Waals surface area contributed by atoms with Crippen LogP contribution in [0.2, 0.25) is 0 Å². The van der Waals surface area contributed by atoms with Crippen LogP contribution in [0.3, 0.4) is 0 Å². The first-order valence-electron chi connectivity index (χ1n) is 7.20. The summed E-state index contributed by atoms with van der Waals surface area (Å²) >= 11 is 0. The van der Waals surface area contributed by atoms with Crippen LogP contribution < -0.4 is 0 Å². The molecule has 0 aliphatic carbocycles. The summed E-state index contributed by atoms with van der Waals surface area (Å²) in [5.41, 5.74) is 1.75. The van der Waals surface area contributed by atoms with E-state index < -0.39 is 28.1 Å². The molecule has 0 amide bonds. The largest absolute Gasteiger partial charge is 0.468 e. The fourth-order valence-electron chi connectivity index (χ4n) is 2.68. The quantitative estimate of drug-likeness (QED) is 0.637. The Morgan fingerprint density at radius 1 is 1.04 bits per heavy atom. The number of esters is 1. The van der Waals surface area contributed by atoms with Crippen LogP contribution in [0.1, 0.15) is 17.2 Å². The van der Waals surface area contributed by atoms with Crippen molar-refractivity contribution in [3.8, 4) is 0 Å². The van der Waals surface area contributed by atoms with Gasteiger partial charge in [-0.1, -0.05) is 48.0 Å². The molecule has 5 nitrogen and oxygen atoms in total. The SMILES string of the molecule is COC(=O)[C@@H]1[C@@H](c2ccccc2)N1S(=O)(=O)c1ccc(C)cc1. The summed E-state index contributed by atoms with van der Waals surface area (Å²) in [7, 11) is -2.49. The Kier molecular flexibility index (Phi) is 3.95. The molecule has 0 N–H and O–H groups in total. The van der Waals surface area contributed by atoms with E-state index >= 15 is 0 Å². The number of hydrogen-bond acceptors (Lipinski definition) is 4. The summed E-state index contributed by atoms with van der Waals surface area (Å²) in [4.78, 5) is 12.1. The zero-order valence-corrected chi connectivity index (χ0v) is 13.7. The molecule has 0 saturated carbocycles. The van der Waals surface area contributed by atoms with Crippen LogP contribution in [-0.2, 0) is 19.6 Å². The third-order valence-corrected chi connectivity index (χ3v) is 5.82. The average Bonchev–Trinajstić information content (AvgIpc) is 3.32. The standard InChI is InChI=1S/C17H17NO4S/c1-12-8-10-14(11-9-12)23(20,21)18-15(16(18)17(19)22-2)13-6-4-3-5-7-13/h3-11,15-16H,1-2H3/t15-,16+,18?/m1/s1. The van der Waals surface area contributed by atoms with Gasteiger partial charge < -0.3 is 4.74 Å². The number of aryl methyl sites for hydroxylation is 1. The molecule has 1 aliphatic rings. The number of ether oxygens (including phenoxy) is 1. The van der Waals surface area contributed by atoms with Gasteiger partial charge in [0.15, 0.2) is 0 Å². The first-order valence-corrected chi connectivity index (χ1v) is 8.64. The second-order valence-corrected chi connectivity index (χ2v) is 7.31. The van der Waals surface area contributed by atoms with Crippen LogP contribution in [0.15, 0.2) is 59.5 Å². The predicted octanol–water partition coefficient (Wildman–Crippen LogP) is 2.28. The molecule has 1 aliphatic heterocycles. The van der Waals surface area contributed by atoms with Gasteiger partial charge in [0, 0.05) is 0 Å². The molecule has 1 fully saturated rings. The molecule has 1 unspecified atom stereocenters. The van der Waals surface area contributed by atoms with E-state index in [0.29, 0.717) is 0 Å². The maximum absolute atomic E-state index is 12.8. The van der Waals surface area contributed by atoms with Crippen LogP contribution in [0, 0.1) is 6.92 Å². The van der Waals surface area contributed by atoms with Gasteiger partial charge in [0.2, 0.25) is 10.0 Å². The fraction of sp³-hybridized carbons (Fsp3) is 0.235. The Morgan fingerprint density at radius 3 is 2.22 bits per heavy atom. The van der Waals surface area contributed by atoms with Crippen molar-refractivity contribution >= 4 is 16.0 Å². The number of carbonyl (C=O) groups excluding carboxylic acids is 1. The van der Waals surface area contributed by atoms with Crippen molar-refractivity contribution < 1.29 is 17.9 Å². The molecule has 2 aromatic carbocycles. The third-order valence-electron chi connectivity index (χ3n) is 3.94. The van der Waals surface area contributed by atoms with E-state index in [1.165, 1.54) is 11.4 Å². The van der Waals surface area contributed by atoms with Crippen molar-refractivity contribution in [2.24, 2.45) is 0 Å². The molecule has 6 heteroatoms. The number of hydrogen-bond donors (Lipinski definition) is 0. The number of sulfonamides is 1. The Morgan fingerprint density at radius 2 is 1.65 bits per heavy atom. The molecular formula is C17H17NO4S. The van der Waals surface area contributed by atoms with Gasteiger partial charge in [0.05, 0.1) is 18.0 Å². The van der Waals surface area contributed by atoms with E-state index in [4.69, 9.17) is 4.74 Å². The highest BCUT2D eigenvalue weighted by Gasteiger charge is 2.61. The molecule has 0 bridgehead atoms. The number of carbonyl (C=O) groups is 1. The molecule has 23 heavy (non-hydrogen) atoms.